The van der Waals surface area contributed by atoms with Gasteiger partial charge in [-0.25, -0.2) is 0 Å². The van der Waals surface area contributed by atoms with E-state index in [4.69, 9.17) is 0 Å². The molecule has 3 nitrogen and oxygen atoms in total. The third-order valence-electron chi connectivity index (χ3n) is 7.99. The van der Waals surface area contributed by atoms with Gasteiger partial charge in [-0.1, -0.05) is 32.9 Å². The van der Waals surface area contributed by atoms with Crippen LogP contribution in [0.25, 0.3) is 0 Å². The standard InChI is InChI=1S/C22H28O3/c1-12-9-17-16-6-5-14-10-15(24)7-8-21(14,3)20(16)18(25)11-22(17,4)19(12)13(2)23/h5-6,10,12,16-17,19-20H,7-9,11H2,1-4H3/t12-,16+,17+,19-,20-,21+,22+/m1/s1. The van der Waals surface area contributed by atoms with Crippen molar-refractivity contribution >= 4 is 17.3 Å². The minimum Gasteiger partial charge on any atom is -0.300 e. The predicted molar refractivity (Wildman–Crippen MR) is 95.7 cm³/mol. The average Bonchev–Trinajstić information content (AvgIpc) is 2.77. The van der Waals surface area contributed by atoms with Crippen molar-refractivity contribution in [2.24, 2.45) is 40.4 Å². The van der Waals surface area contributed by atoms with Gasteiger partial charge in [-0.05, 0) is 54.6 Å². The zero-order valence-corrected chi connectivity index (χ0v) is 15.7. The summed E-state index contributed by atoms with van der Waals surface area (Å²) in [6.45, 7) is 8.21. The molecule has 4 rings (SSSR count). The number of rotatable bonds is 1. The van der Waals surface area contributed by atoms with Gasteiger partial charge in [0.2, 0.25) is 0 Å². The second kappa shape index (κ2) is 5.25. The lowest BCUT2D eigenvalue weighted by Crippen LogP contribution is -2.54. The van der Waals surface area contributed by atoms with Crippen LogP contribution in [0.1, 0.15) is 53.4 Å². The molecule has 0 aromatic carbocycles. The van der Waals surface area contributed by atoms with Gasteiger partial charge in [0, 0.05) is 30.1 Å². The quantitative estimate of drug-likeness (QED) is 0.727. The fourth-order valence-electron chi connectivity index (χ4n) is 7.07. The number of allylic oxidation sites excluding steroid dienone is 4. The molecule has 3 heteroatoms. The summed E-state index contributed by atoms with van der Waals surface area (Å²) in [6, 6.07) is 0. The summed E-state index contributed by atoms with van der Waals surface area (Å²) in [6.07, 6.45) is 8.89. The van der Waals surface area contributed by atoms with E-state index in [9.17, 15) is 14.4 Å². The van der Waals surface area contributed by atoms with Crippen LogP contribution in [0, 0.1) is 40.4 Å². The maximum atomic E-state index is 13.3. The molecule has 0 spiro atoms. The van der Waals surface area contributed by atoms with Gasteiger partial charge in [0.25, 0.3) is 0 Å². The molecular formula is C22H28O3. The minimum atomic E-state index is -0.219. The summed E-state index contributed by atoms with van der Waals surface area (Å²) in [7, 11) is 0. The van der Waals surface area contributed by atoms with E-state index in [0.717, 1.165) is 18.4 Å². The van der Waals surface area contributed by atoms with Gasteiger partial charge in [-0.2, -0.15) is 0 Å². The SMILES string of the molecule is CC(=O)[C@H]1[C@H](C)C[C@H]2[C@@H]3C=CC4=CC(=O)CC[C@]4(C)[C@H]3C(=O)C[C@@]21C. The number of hydrogen-bond acceptors (Lipinski definition) is 3. The molecule has 0 aliphatic heterocycles. The van der Waals surface area contributed by atoms with Gasteiger partial charge in [-0.15, -0.1) is 0 Å². The Hall–Kier alpha value is -1.51. The lowest BCUT2D eigenvalue weighted by Gasteiger charge is -2.54. The third-order valence-corrected chi connectivity index (χ3v) is 7.99. The molecule has 0 unspecified atom stereocenters. The Morgan fingerprint density at radius 3 is 2.64 bits per heavy atom. The van der Waals surface area contributed by atoms with E-state index in [1.165, 1.54) is 0 Å². The topological polar surface area (TPSA) is 51.2 Å². The second-order valence-electron chi connectivity index (χ2n) is 9.45. The Morgan fingerprint density at radius 2 is 1.96 bits per heavy atom. The van der Waals surface area contributed by atoms with E-state index >= 15 is 0 Å². The van der Waals surface area contributed by atoms with E-state index in [1.54, 1.807) is 13.0 Å². The van der Waals surface area contributed by atoms with Crippen LogP contribution in [0.3, 0.4) is 0 Å². The van der Waals surface area contributed by atoms with Gasteiger partial charge in [-0.3, -0.25) is 14.4 Å². The molecule has 134 valence electrons. The smallest absolute Gasteiger partial charge is 0.156 e. The molecule has 25 heavy (non-hydrogen) atoms. The Kier molecular flexibility index (Phi) is 3.55. The molecule has 0 amide bonds. The number of fused-ring (bicyclic) bond motifs is 5. The summed E-state index contributed by atoms with van der Waals surface area (Å²) in [5, 5.41) is 0. The van der Waals surface area contributed by atoms with Crippen LogP contribution in [0.5, 0.6) is 0 Å². The van der Waals surface area contributed by atoms with Crippen LogP contribution >= 0.6 is 0 Å². The van der Waals surface area contributed by atoms with Gasteiger partial charge in [0.1, 0.15) is 11.6 Å². The fraction of sp³-hybridized carbons (Fsp3) is 0.682. The van der Waals surface area contributed by atoms with Crippen molar-refractivity contribution in [3.63, 3.8) is 0 Å². The zero-order chi connectivity index (χ0) is 18.1. The Balaban J connectivity index is 1.81. The van der Waals surface area contributed by atoms with Gasteiger partial charge >= 0.3 is 0 Å². The number of ketones is 3. The van der Waals surface area contributed by atoms with Crippen molar-refractivity contribution < 1.29 is 14.4 Å². The Morgan fingerprint density at radius 1 is 1.24 bits per heavy atom. The molecule has 0 aromatic rings. The minimum absolute atomic E-state index is 0.00604. The highest BCUT2D eigenvalue weighted by Crippen LogP contribution is 2.65. The van der Waals surface area contributed by atoms with Gasteiger partial charge in [0.15, 0.2) is 5.78 Å². The number of carbonyl (C=O) groups is 3. The van der Waals surface area contributed by atoms with Crippen molar-refractivity contribution in [3.05, 3.63) is 23.8 Å². The first-order valence-electron chi connectivity index (χ1n) is 9.65. The van der Waals surface area contributed by atoms with Crippen LogP contribution in [0.2, 0.25) is 0 Å². The molecule has 0 bridgehead atoms. The number of hydrogen-bond donors (Lipinski definition) is 0. The maximum absolute atomic E-state index is 13.3. The summed E-state index contributed by atoms with van der Waals surface area (Å²) < 4.78 is 0. The lowest BCUT2D eigenvalue weighted by molar-refractivity contribution is -0.143. The van der Waals surface area contributed by atoms with E-state index in [0.29, 0.717) is 30.5 Å². The van der Waals surface area contributed by atoms with E-state index in [2.05, 4.69) is 32.9 Å². The van der Waals surface area contributed by atoms with Crippen molar-refractivity contribution in [1.82, 2.24) is 0 Å². The first kappa shape index (κ1) is 16.9. The van der Waals surface area contributed by atoms with Gasteiger partial charge in [0.05, 0.1) is 0 Å². The highest BCUT2D eigenvalue weighted by molar-refractivity contribution is 5.94. The molecule has 4 aliphatic carbocycles. The fourth-order valence-corrected chi connectivity index (χ4v) is 7.07. The second-order valence-corrected chi connectivity index (χ2v) is 9.45. The summed E-state index contributed by atoms with van der Waals surface area (Å²) >= 11 is 0. The lowest BCUT2D eigenvalue weighted by atomic mass is 9.48. The molecule has 0 saturated heterocycles. The molecule has 2 saturated carbocycles. The van der Waals surface area contributed by atoms with Crippen molar-refractivity contribution in [2.45, 2.75) is 53.4 Å². The van der Waals surface area contributed by atoms with Crippen LogP contribution in [0.4, 0.5) is 0 Å². The Labute approximate surface area is 149 Å². The highest BCUT2D eigenvalue weighted by Gasteiger charge is 2.63. The normalized spacial score (nSPS) is 48.5. The van der Waals surface area contributed by atoms with Crippen LogP contribution in [-0.2, 0) is 14.4 Å². The maximum Gasteiger partial charge on any atom is 0.156 e. The van der Waals surface area contributed by atoms with Crippen LogP contribution in [0.15, 0.2) is 23.8 Å². The summed E-state index contributed by atoms with van der Waals surface area (Å²) in [4.78, 5) is 37.5. The largest absolute Gasteiger partial charge is 0.300 e. The van der Waals surface area contributed by atoms with Crippen molar-refractivity contribution in [3.8, 4) is 0 Å². The number of carbonyl (C=O) groups excluding carboxylic acids is 3. The van der Waals surface area contributed by atoms with Crippen LogP contribution < -0.4 is 0 Å². The highest BCUT2D eigenvalue weighted by atomic mass is 16.1. The molecule has 4 aliphatic rings. The monoisotopic (exact) mass is 340 g/mol. The van der Waals surface area contributed by atoms with Crippen molar-refractivity contribution in [1.29, 1.82) is 0 Å². The number of Topliss-reactive ketones (excluding diaryl/α,β-unsaturated/α-hetero) is 2. The van der Waals surface area contributed by atoms with Gasteiger partial charge < -0.3 is 0 Å². The molecule has 0 radical (unpaired) electrons. The molecule has 0 heterocycles. The van der Waals surface area contributed by atoms with E-state index in [-0.39, 0.29) is 40.2 Å². The molecule has 0 N–H and O–H groups in total. The molecule has 7 atom stereocenters. The van der Waals surface area contributed by atoms with E-state index < -0.39 is 0 Å². The molecular weight excluding hydrogens is 312 g/mol. The summed E-state index contributed by atoms with van der Waals surface area (Å²) in [5.41, 5.74) is 0.607. The first-order valence-corrected chi connectivity index (χ1v) is 9.65. The summed E-state index contributed by atoms with van der Waals surface area (Å²) in [5.74, 6) is 1.59. The average molecular weight is 340 g/mol. The molecule has 2 fully saturated rings. The first-order chi connectivity index (χ1) is 11.7. The van der Waals surface area contributed by atoms with E-state index in [1.807, 2.05) is 0 Å². The van der Waals surface area contributed by atoms with Crippen LogP contribution in [-0.4, -0.2) is 17.3 Å². The zero-order valence-electron chi connectivity index (χ0n) is 15.7. The molecule has 0 aromatic heterocycles. The van der Waals surface area contributed by atoms with Crippen molar-refractivity contribution in [2.75, 3.05) is 0 Å². The predicted octanol–water partition coefficient (Wildman–Crippen LogP) is 3.92. The Bertz CT molecular complexity index is 730. The third kappa shape index (κ3) is 2.14.